The van der Waals surface area contributed by atoms with E-state index in [1.165, 1.54) is 0 Å². The third-order valence-corrected chi connectivity index (χ3v) is 4.58. The summed E-state index contributed by atoms with van der Waals surface area (Å²) in [4.78, 5) is 17.7. The van der Waals surface area contributed by atoms with E-state index in [4.69, 9.17) is 14.3 Å². The van der Waals surface area contributed by atoms with Crippen LogP contribution in [0.2, 0.25) is 0 Å². The van der Waals surface area contributed by atoms with Crippen molar-refractivity contribution in [2.45, 2.75) is 39.5 Å². The van der Waals surface area contributed by atoms with E-state index in [2.05, 4.69) is 15.6 Å². The van der Waals surface area contributed by atoms with Gasteiger partial charge < -0.3 is 19.6 Å². The van der Waals surface area contributed by atoms with Crippen LogP contribution in [0.15, 0.2) is 29.6 Å². The van der Waals surface area contributed by atoms with Crippen molar-refractivity contribution < 1.29 is 19.1 Å². The number of oxime groups is 1. The minimum absolute atomic E-state index is 0.193. The lowest BCUT2D eigenvalue weighted by Gasteiger charge is -2.10. The number of carbonyl (C=O) groups is 1. The van der Waals surface area contributed by atoms with Crippen LogP contribution in [0.3, 0.4) is 0 Å². The van der Waals surface area contributed by atoms with Gasteiger partial charge in [-0.3, -0.25) is 9.48 Å². The molecule has 2 aromatic rings. The molecule has 2 aliphatic rings. The fourth-order valence-corrected chi connectivity index (χ4v) is 3.08. The van der Waals surface area contributed by atoms with E-state index in [-0.39, 0.29) is 12.7 Å². The number of nitrogens with zero attached hydrogens (tertiary/aromatic N) is 3. The fourth-order valence-electron chi connectivity index (χ4n) is 3.08. The molecule has 0 fully saturated rings. The predicted octanol–water partition coefficient (Wildman–Crippen LogP) is 1.75. The van der Waals surface area contributed by atoms with Crippen molar-refractivity contribution in [1.82, 2.24) is 15.1 Å². The van der Waals surface area contributed by atoms with Gasteiger partial charge >= 0.3 is 0 Å². The fraction of sp³-hybridized carbons (Fsp3) is 0.389. The van der Waals surface area contributed by atoms with Crippen LogP contribution in [0.5, 0.6) is 11.5 Å². The first-order chi connectivity index (χ1) is 12.7. The number of nitrogens with one attached hydrogen (secondary N) is 1. The summed E-state index contributed by atoms with van der Waals surface area (Å²) in [6, 6.07) is 5.60. The molecular formula is C18H20N4O4. The van der Waals surface area contributed by atoms with Gasteiger partial charge in [-0.25, -0.2) is 0 Å². The van der Waals surface area contributed by atoms with Crippen LogP contribution >= 0.6 is 0 Å². The zero-order chi connectivity index (χ0) is 18.1. The summed E-state index contributed by atoms with van der Waals surface area (Å²) in [5, 5.41) is 11.3. The zero-order valence-electron chi connectivity index (χ0n) is 14.7. The summed E-state index contributed by atoms with van der Waals surface area (Å²) in [5.74, 6) is 1.23. The van der Waals surface area contributed by atoms with E-state index in [0.29, 0.717) is 18.7 Å². The molecule has 1 N–H and O–H groups in total. The Bertz CT molecular complexity index is 874. The smallest absolute Gasteiger partial charge is 0.264 e. The van der Waals surface area contributed by atoms with Crippen LogP contribution < -0.4 is 14.8 Å². The Morgan fingerprint density at radius 1 is 1.35 bits per heavy atom. The number of hydrogen-bond acceptors (Lipinski definition) is 6. The average Bonchev–Trinajstić information content (AvgIpc) is 3.38. The second-order valence-corrected chi connectivity index (χ2v) is 6.20. The molecule has 1 atom stereocenters. The first kappa shape index (κ1) is 16.4. The summed E-state index contributed by atoms with van der Waals surface area (Å²) in [6.45, 7) is 5.43. The molecule has 3 heterocycles. The Morgan fingerprint density at radius 3 is 3.00 bits per heavy atom. The number of fused-ring (bicyclic) bond motifs is 1. The number of benzene rings is 1. The molecule has 8 nitrogen and oxygen atoms in total. The summed E-state index contributed by atoms with van der Waals surface area (Å²) < 4.78 is 12.5. The van der Waals surface area contributed by atoms with Gasteiger partial charge in [-0.05, 0) is 31.5 Å². The average molecular weight is 356 g/mol. The van der Waals surface area contributed by atoms with Gasteiger partial charge in [-0.1, -0.05) is 11.2 Å². The van der Waals surface area contributed by atoms with Gasteiger partial charge in [0, 0.05) is 30.8 Å². The molecule has 2 aliphatic heterocycles. The van der Waals surface area contributed by atoms with Gasteiger partial charge in [-0.15, -0.1) is 0 Å². The maximum Gasteiger partial charge on any atom is 0.264 e. The summed E-state index contributed by atoms with van der Waals surface area (Å²) in [7, 11) is 0. The number of aryl methyl sites for hydroxylation is 1. The maximum atomic E-state index is 12.4. The van der Waals surface area contributed by atoms with Crippen molar-refractivity contribution in [2.24, 2.45) is 5.16 Å². The second-order valence-electron chi connectivity index (χ2n) is 6.20. The molecule has 136 valence electrons. The molecule has 1 aromatic carbocycles. The molecule has 0 radical (unpaired) electrons. The van der Waals surface area contributed by atoms with E-state index in [1.54, 1.807) is 6.20 Å². The number of carbonyl (C=O) groups excluding carboxylic acids is 1. The summed E-state index contributed by atoms with van der Waals surface area (Å²) >= 11 is 0. The van der Waals surface area contributed by atoms with Gasteiger partial charge in [0.1, 0.15) is 0 Å². The Labute approximate surface area is 150 Å². The quantitative estimate of drug-likeness (QED) is 0.882. The highest BCUT2D eigenvalue weighted by Gasteiger charge is 2.30. The molecule has 1 aromatic heterocycles. The molecule has 0 saturated carbocycles. The largest absolute Gasteiger partial charge is 0.454 e. The lowest BCUT2D eigenvalue weighted by Crippen LogP contribution is -2.34. The van der Waals surface area contributed by atoms with Crippen LogP contribution in [0.25, 0.3) is 0 Å². The molecule has 0 unspecified atom stereocenters. The number of amides is 1. The van der Waals surface area contributed by atoms with Gasteiger partial charge in [0.15, 0.2) is 11.5 Å². The predicted molar refractivity (Wildman–Crippen MR) is 93.1 cm³/mol. The second kappa shape index (κ2) is 6.70. The van der Waals surface area contributed by atoms with E-state index in [1.807, 2.05) is 36.7 Å². The van der Waals surface area contributed by atoms with E-state index in [9.17, 15) is 4.79 Å². The van der Waals surface area contributed by atoms with Gasteiger partial charge in [0.05, 0.1) is 11.9 Å². The molecule has 26 heavy (non-hydrogen) atoms. The molecule has 4 rings (SSSR count). The van der Waals surface area contributed by atoms with E-state index in [0.717, 1.165) is 34.8 Å². The number of ether oxygens (including phenoxy) is 2. The van der Waals surface area contributed by atoms with E-state index >= 15 is 0 Å². The lowest BCUT2D eigenvalue weighted by atomic mass is 10.1. The summed E-state index contributed by atoms with van der Waals surface area (Å²) in [5.41, 5.74) is 3.64. The Morgan fingerprint density at radius 2 is 2.19 bits per heavy atom. The highest BCUT2D eigenvalue weighted by atomic mass is 16.7. The van der Waals surface area contributed by atoms with Crippen LogP contribution in [0.1, 0.15) is 30.2 Å². The molecule has 8 heteroatoms. The number of hydrogen-bond donors (Lipinski definition) is 1. The maximum absolute atomic E-state index is 12.4. The van der Waals surface area contributed by atoms with Gasteiger partial charge in [0.25, 0.3) is 5.91 Å². The molecular weight excluding hydrogens is 336 g/mol. The number of aromatic nitrogens is 2. The minimum Gasteiger partial charge on any atom is -0.454 e. The van der Waals surface area contributed by atoms with Crippen LogP contribution in [-0.4, -0.2) is 34.3 Å². The standard InChI is InChI=1S/C18H20N4O4/c1-3-22-11(2)13(9-20-22)14-7-17(26-21-14)18(23)19-8-12-4-5-15-16(6-12)25-10-24-15/h4-6,9,17H,3,7-8,10H2,1-2H3,(H,19,23)/t17-/m1/s1. The van der Waals surface area contributed by atoms with E-state index < -0.39 is 6.10 Å². The molecule has 1 amide bonds. The molecule has 0 bridgehead atoms. The van der Waals surface area contributed by atoms with Crippen molar-refractivity contribution in [1.29, 1.82) is 0 Å². The number of rotatable bonds is 5. The topological polar surface area (TPSA) is 87.0 Å². The third kappa shape index (κ3) is 2.98. The van der Waals surface area contributed by atoms with Crippen molar-refractivity contribution in [2.75, 3.05) is 6.79 Å². The zero-order valence-corrected chi connectivity index (χ0v) is 14.7. The monoisotopic (exact) mass is 356 g/mol. The van der Waals surface area contributed by atoms with Crippen molar-refractivity contribution >= 4 is 11.6 Å². The third-order valence-electron chi connectivity index (χ3n) is 4.58. The minimum atomic E-state index is -0.622. The Kier molecular flexibility index (Phi) is 4.24. The SMILES string of the molecule is CCn1ncc(C2=NO[C@@H](C(=O)NCc3ccc4c(c3)OCO4)C2)c1C. The lowest BCUT2D eigenvalue weighted by molar-refractivity contribution is -0.131. The first-order valence-corrected chi connectivity index (χ1v) is 8.57. The first-order valence-electron chi connectivity index (χ1n) is 8.57. The summed E-state index contributed by atoms with van der Waals surface area (Å²) in [6.07, 6.45) is 1.58. The Balaban J connectivity index is 1.34. The Hall–Kier alpha value is -3.03. The van der Waals surface area contributed by atoms with Gasteiger partial charge in [0.2, 0.25) is 12.9 Å². The van der Waals surface area contributed by atoms with Crippen molar-refractivity contribution in [3.05, 3.63) is 41.2 Å². The normalized spacial score (nSPS) is 17.8. The highest BCUT2D eigenvalue weighted by molar-refractivity contribution is 6.04. The van der Waals surface area contributed by atoms with Crippen LogP contribution in [0.4, 0.5) is 0 Å². The van der Waals surface area contributed by atoms with Gasteiger partial charge in [-0.2, -0.15) is 5.10 Å². The highest BCUT2D eigenvalue weighted by Crippen LogP contribution is 2.32. The molecule has 0 spiro atoms. The molecule has 0 aliphatic carbocycles. The van der Waals surface area contributed by atoms with Crippen molar-refractivity contribution in [3.63, 3.8) is 0 Å². The van der Waals surface area contributed by atoms with Crippen LogP contribution in [0, 0.1) is 6.92 Å². The molecule has 0 saturated heterocycles. The van der Waals surface area contributed by atoms with Crippen molar-refractivity contribution in [3.8, 4) is 11.5 Å². The van der Waals surface area contributed by atoms with Crippen LogP contribution in [-0.2, 0) is 22.7 Å².